The van der Waals surface area contributed by atoms with Gasteiger partial charge in [-0.25, -0.2) is 0 Å². The SMILES string of the molecule is COc1c(C(C)C)cc2c(c1C(=O)c1ccc(S(C)=O)cc1)OCC2. The molecule has 4 nitrogen and oxygen atoms in total. The average Bonchev–Trinajstić information content (AvgIpc) is 3.07. The Balaban J connectivity index is 2.15. The van der Waals surface area contributed by atoms with Gasteiger partial charge in [-0.3, -0.25) is 9.00 Å². The van der Waals surface area contributed by atoms with E-state index in [2.05, 4.69) is 19.9 Å². The van der Waals surface area contributed by atoms with Crippen molar-refractivity contribution in [2.75, 3.05) is 20.0 Å². The molecule has 25 heavy (non-hydrogen) atoms. The molecule has 3 rings (SSSR count). The van der Waals surface area contributed by atoms with Gasteiger partial charge in [0, 0.05) is 33.9 Å². The minimum atomic E-state index is -1.07. The summed E-state index contributed by atoms with van der Waals surface area (Å²) in [6.07, 6.45) is 2.42. The molecule has 0 saturated heterocycles. The number of carbonyl (C=O) groups is 1. The van der Waals surface area contributed by atoms with Gasteiger partial charge in [-0.05, 0) is 47.4 Å². The van der Waals surface area contributed by atoms with Gasteiger partial charge in [0.25, 0.3) is 0 Å². The highest BCUT2D eigenvalue weighted by Crippen LogP contribution is 2.42. The lowest BCUT2D eigenvalue weighted by molar-refractivity contribution is 0.103. The van der Waals surface area contributed by atoms with E-state index in [4.69, 9.17) is 9.47 Å². The molecule has 0 spiro atoms. The molecule has 0 radical (unpaired) electrons. The summed E-state index contributed by atoms with van der Waals surface area (Å²) in [5.41, 5.74) is 3.10. The van der Waals surface area contributed by atoms with E-state index in [-0.39, 0.29) is 11.7 Å². The van der Waals surface area contributed by atoms with Gasteiger partial charge in [-0.1, -0.05) is 13.8 Å². The predicted molar refractivity (Wildman–Crippen MR) is 98.5 cm³/mol. The lowest BCUT2D eigenvalue weighted by Crippen LogP contribution is -2.09. The summed E-state index contributed by atoms with van der Waals surface area (Å²) in [6.45, 7) is 4.74. The molecule has 132 valence electrons. The quantitative estimate of drug-likeness (QED) is 0.765. The van der Waals surface area contributed by atoms with Gasteiger partial charge in [-0.15, -0.1) is 0 Å². The zero-order valence-corrected chi connectivity index (χ0v) is 15.7. The van der Waals surface area contributed by atoms with Crippen LogP contribution in [-0.2, 0) is 17.2 Å². The summed E-state index contributed by atoms with van der Waals surface area (Å²) in [6, 6.07) is 8.96. The van der Waals surface area contributed by atoms with E-state index in [1.54, 1.807) is 37.6 Å². The third-order valence-electron chi connectivity index (χ3n) is 4.46. The van der Waals surface area contributed by atoms with Crippen molar-refractivity contribution in [3.8, 4) is 11.5 Å². The van der Waals surface area contributed by atoms with Crippen LogP contribution in [-0.4, -0.2) is 30.0 Å². The number of ketones is 1. The van der Waals surface area contributed by atoms with Gasteiger partial charge < -0.3 is 9.47 Å². The molecule has 0 amide bonds. The van der Waals surface area contributed by atoms with Crippen molar-refractivity contribution >= 4 is 16.6 Å². The van der Waals surface area contributed by atoms with E-state index >= 15 is 0 Å². The maximum atomic E-state index is 13.2. The van der Waals surface area contributed by atoms with Gasteiger partial charge in [0.1, 0.15) is 17.1 Å². The maximum Gasteiger partial charge on any atom is 0.200 e. The minimum absolute atomic E-state index is 0.133. The molecule has 2 aromatic rings. The van der Waals surface area contributed by atoms with Crippen molar-refractivity contribution in [3.05, 3.63) is 52.6 Å². The second-order valence-electron chi connectivity index (χ2n) is 6.42. The molecule has 0 bridgehead atoms. The highest BCUT2D eigenvalue weighted by atomic mass is 32.2. The number of ether oxygens (including phenoxy) is 2. The molecule has 1 aliphatic rings. The standard InChI is InChI=1S/C20H22O4S/c1-12(2)16-11-14-9-10-24-19(14)17(20(16)23-3)18(21)13-5-7-15(8-6-13)25(4)22/h5-8,11-12H,9-10H2,1-4H3. The van der Waals surface area contributed by atoms with Crippen LogP contribution in [0, 0.1) is 0 Å². The van der Waals surface area contributed by atoms with Gasteiger partial charge in [0.2, 0.25) is 5.78 Å². The van der Waals surface area contributed by atoms with Gasteiger partial charge in [-0.2, -0.15) is 0 Å². The van der Waals surface area contributed by atoms with Crippen molar-refractivity contribution in [3.63, 3.8) is 0 Å². The van der Waals surface area contributed by atoms with Crippen molar-refractivity contribution in [2.45, 2.75) is 31.1 Å². The Morgan fingerprint density at radius 2 is 1.92 bits per heavy atom. The van der Waals surface area contributed by atoms with Crippen LogP contribution in [0.1, 0.15) is 46.8 Å². The third-order valence-corrected chi connectivity index (χ3v) is 5.39. The topological polar surface area (TPSA) is 52.6 Å². The number of benzene rings is 2. The first-order valence-electron chi connectivity index (χ1n) is 8.28. The predicted octanol–water partition coefficient (Wildman–Crippen LogP) is 3.72. The lowest BCUT2D eigenvalue weighted by Gasteiger charge is -2.18. The maximum absolute atomic E-state index is 13.2. The summed E-state index contributed by atoms with van der Waals surface area (Å²) in [7, 11) is 0.515. The molecule has 0 saturated carbocycles. The van der Waals surface area contributed by atoms with Crippen LogP contribution in [0.15, 0.2) is 35.2 Å². The molecule has 0 aliphatic carbocycles. The molecule has 1 atom stereocenters. The number of rotatable bonds is 5. The number of hydrogen-bond acceptors (Lipinski definition) is 4. The first-order valence-corrected chi connectivity index (χ1v) is 9.84. The first kappa shape index (κ1) is 17.7. The van der Waals surface area contributed by atoms with Crippen LogP contribution in [0.25, 0.3) is 0 Å². The van der Waals surface area contributed by atoms with Crippen LogP contribution >= 0.6 is 0 Å². The normalized spacial score (nSPS) is 14.1. The van der Waals surface area contributed by atoms with Crippen LogP contribution < -0.4 is 9.47 Å². The zero-order chi connectivity index (χ0) is 18.1. The van der Waals surface area contributed by atoms with Crippen LogP contribution in [0.5, 0.6) is 11.5 Å². The molecule has 2 aromatic carbocycles. The Kier molecular flexibility index (Phi) is 4.95. The van der Waals surface area contributed by atoms with E-state index in [0.29, 0.717) is 34.1 Å². The molecule has 1 unspecified atom stereocenters. The van der Waals surface area contributed by atoms with Crippen LogP contribution in [0.4, 0.5) is 0 Å². The Morgan fingerprint density at radius 3 is 2.48 bits per heavy atom. The third kappa shape index (κ3) is 3.21. The molecule has 1 heterocycles. The molecule has 0 aromatic heterocycles. The van der Waals surface area contributed by atoms with Crippen molar-refractivity contribution < 1.29 is 18.5 Å². The Morgan fingerprint density at radius 1 is 1.24 bits per heavy atom. The van der Waals surface area contributed by atoms with Crippen molar-refractivity contribution in [2.24, 2.45) is 0 Å². The van der Waals surface area contributed by atoms with Crippen LogP contribution in [0.3, 0.4) is 0 Å². The molecule has 0 fully saturated rings. The van der Waals surface area contributed by atoms with E-state index < -0.39 is 10.8 Å². The van der Waals surface area contributed by atoms with E-state index in [1.807, 2.05) is 0 Å². The van der Waals surface area contributed by atoms with Gasteiger partial charge in [0.15, 0.2) is 0 Å². The highest BCUT2D eigenvalue weighted by Gasteiger charge is 2.29. The highest BCUT2D eigenvalue weighted by molar-refractivity contribution is 7.84. The Bertz CT molecular complexity index is 838. The number of carbonyl (C=O) groups excluding carboxylic acids is 1. The Labute approximate surface area is 150 Å². The smallest absolute Gasteiger partial charge is 0.200 e. The molecular weight excluding hydrogens is 336 g/mol. The number of hydrogen-bond donors (Lipinski definition) is 0. The van der Waals surface area contributed by atoms with E-state index in [0.717, 1.165) is 17.5 Å². The summed E-state index contributed by atoms with van der Waals surface area (Å²) >= 11 is 0. The Hall–Kier alpha value is -2.14. The lowest BCUT2D eigenvalue weighted by atomic mass is 9.91. The fourth-order valence-corrected chi connectivity index (χ4v) is 3.66. The van der Waals surface area contributed by atoms with Gasteiger partial charge in [0.05, 0.1) is 13.7 Å². The molecule has 1 aliphatic heterocycles. The fraction of sp³-hybridized carbons (Fsp3) is 0.350. The molecule has 5 heteroatoms. The van der Waals surface area contributed by atoms with E-state index in [9.17, 15) is 9.00 Å². The summed E-state index contributed by atoms with van der Waals surface area (Å²) < 4.78 is 22.9. The second-order valence-corrected chi connectivity index (χ2v) is 7.80. The molecular formula is C20H22O4S. The monoisotopic (exact) mass is 358 g/mol. The number of methoxy groups -OCH3 is 1. The summed E-state index contributed by atoms with van der Waals surface area (Å²) in [5, 5.41) is 0. The van der Waals surface area contributed by atoms with E-state index in [1.165, 1.54) is 0 Å². The largest absolute Gasteiger partial charge is 0.496 e. The summed E-state index contributed by atoms with van der Waals surface area (Å²) in [5.74, 6) is 1.32. The van der Waals surface area contributed by atoms with Gasteiger partial charge >= 0.3 is 0 Å². The van der Waals surface area contributed by atoms with Crippen LogP contribution in [0.2, 0.25) is 0 Å². The first-order chi connectivity index (χ1) is 11.9. The van der Waals surface area contributed by atoms with Crippen molar-refractivity contribution in [1.29, 1.82) is 0 Å². The average molecular weight is 358 g/mol. The minimum Gasteiger partial charge on any atom is -0.496 e. The zero-order valence-electron chi connectivity index (χ0n) is 14.9. The fourth-order valence-electron chi connectivity index (χ4n) is 3.14. The van der Waals surface area contributed by atoms with Crippen molar-refractivity contribution in [1.82, 2.24) is 0 Å². The summed E-state index contributed by atoms with van der Waals surface area (Å²) in [4.78, 5) is 13.9. The second kappa shape index (κ2) is 7.00. The molecule has 0 N–H and O–H groups in total. The number of fused-ring (bicyclic) bond motifs is 1.